The Labute approximate surface area is 152 Å². The largest absolute Gasteiger partial charge is 0.336 e. The average molecular weight is 355 g/mol. The molecule has 1 N–H and O–H groups in total. The maximum absolute atomic E-state index is 13.3. The van der Waals surface area contributed by atoms with E-state index in [4.69, 9.17) is 0 Å². The van der Waals surface area contributed by atoms with E-state index in [1.54, 1.807) is 24.9 Å². The molecule has 1 unspecified atom stereocenters. The van der Waals surface area contributed by atoms with Crippen molar-refractivity contribution >= 4 is 17.6 Å². The van der Waals surface area contributed by atoms with E-state index < -0.39 is 6.04 Å². The Morgan fingerprint density at radius 1 is 1.27 bits per heavy atom. The zero-order valence-corrected chi connectivity index (χ0v) is 14.9. The van der Waals surface area contributed by atoms with Crippen LogP contribution in [0.15, 0.2) is 48.5 Å². The summed E-state index contributed by atoms with van der Waals surface area (Å²) in [6.07, 6.45) is 0.595. The number of rotatable bonds is 4. The summed E-state index contributed by atoms with van der Waals surface area (Å²) in [5.74, 6) is -0.374. The summed E-state index contributed by atoms with van der Waals surface area (Å²) in [4.78, 5) is 28.3. The number of carbonyl (C=O) groups excluding carboxylic acids is 2. The molecule has 3 amide bonds. The van der Waals surface area contributed by atoms with Gasteiger partial charge >= 0.3 is 6.03 Å². The summed E-state index contributed by atoms with van der Waals surface area (Å²) in [5, 5.41) is 2.72. The van der Waals surface area contributed by atoms with E-state index in [9.17, 15) is 14.0 Å². The number of hydrogen-bond donors (Lipinski definition) is 1. The zero-order chi connectivity index (χ0) is 18.7. The standard InChI is InChI=1S/C20H22FN3O2/c1-14-12-16(8-9-17(14)21)22-20(26)23(2)18-10-11-24(19(18)25)13-15-6-4-3-5-7-15/h3-9,12,18H,10-11,13H2,1-2H3,(H,22,26). The minimum Gasteiger partial charge on any atom is -0.336 e. The summed E-state index contributed by atoms with van der Waals surface area (Å²) >= 11 is 0. The first-order valence-corrected chi connectivity index (χ1v) is 8.58. The lowest BCUT2D eigenvalue weighted by Gasteiger charge is -2.24. The van der Waals surface area contributed by atoms with Crippen molar-refractivity contribution in [2.45, 2.75) is 25.9 Å². The molecule has 5 nitrogen and oxygen atoms in total. The Kier molecular flexibility index (Phi) is 5.21. The zero-order valence-electron chi connectivity index (χ0n) is 14.9. The summed E-state index contributed by atoms with van der Waals surface area (Å²) in [6.45, 7) is 2.80. The van der Waals surface area contributed by atoms with E-state index in [2.05, 4.69) is 5.32 Å². The van der Waals surface area contributed by atoms with Crippen LogP contribution in [0, 0.1) is 12.7 Å². The van der Waals surface area contributed by atoms with Gasteiger partial charge in [0.1, 0.15) is 11.9 Å². The summed E-state index contributed by atoms with van der Waals surface area (Å²) < 4.78 is 13.3. The Balaban J connectivity index is 1.62. The van der Waals surface area contributed by atoms with Crippen LogP contribution in [-0.2, 0) is 11.3 Å². The van der Waals surface area contributed by atoms with Crippen LogP contribution in [0.25, 0.3) is 0 Å². The highest BCUT2D eigenvalue weighted by atomic mass is 19.1. The number of nitrogens with zero attached hydrogens (tertiary/aromatic N) is 2. The number of nitrogens with one attached hydrogen (secondary N) is 1. The van der Waals surface area contributed by atoms with Crippen molar-refractivity contribution in [1.29, 1.82) is 0 Å². The van der Waals surface area contributed by atoms with Gasteiger partial charge in [-0.15, -0.1) is 0 Å². The van der Waals surface area contributed by atoms with Crippen LogP contribution in [0.5, 0.6) is 0 Å². The average Bonchev–Trinajstić information content (AvgIpc) is 2.99. The Morgan fingerprint density at radius 2 is 2.00 bits per heavy atom. The van der Waals surface area contributed by atoms with E-state index in [0.29, 0.717) is 30.8 Å². The molecule has 136 valence electrons. The number of likely N-dealkylation sites (tertiary alicyclic amines) is 1. The fraction of sp³-hybridized carbons (Fsp3) is 0.300. The number of likely N-dealkylation sites (N-methyl/N-ethyl adjacent to an activating group) is 1. The monoisotopic (exact) mass is 355 g/mol. The number of hydrogen-bond acceptors (Lipinski definition) is 2. The number of benzene rings is 2. The first-order valence-electron chi connectivity index (χ1n) is 8.58. The highest BCUT2D eigenvalue weighted by Crippen LogP contribution is 2.20. The third-order valence-corrected chi connectivity index (χ3v) is 4.68. The molecule has 0 spiro atoms. The lowest BCUT2D eigenvalue weighted by Crippen LogP contribution is -2.44. The molecular weight excluding hydrogens is 333 g/mol. The molecule has 0 aromatic heterocycles. The van der Waals surface area contributed by atoms with Crippen molar-refractivity contribution < 1.29 is 14.0 Å². The van der Waals surface area contributed by atoms with Crippen LogP contribution in [0.1, 0.15) is 17.5 Å². The van der Waals surface area contributed by atoms with Crippen molar-refractivity contribution in [3.63, 3.8) is 0 Å². The van der Waals surface area contributed by atoms with Crippen LogP contribution in [0.2, 0.25) is 0 Å². The second kappa shape index (κ2) is 7.56. The normalized spacial score (nSPS) is 16.7. The van der Waals surface area contributed by atoms with E-state index in [1.807, 2.05) is 30.3 Å². The van der Waals surface area contributed by atoms with E-state index in [0.717, 1.165) is 5.56 Å². The Morgan fingerprint density at radius 3 is 2.69 bits per heavy atom. The van der Waals surface area contributed by atoms with Gasteiger partial charge < -0.3 is 15.1 Å². The number of anilines is 1. The van der Waals surface area contributed by atoms with Gasteiger partial charge in [0.15, 0.2) is 0 Å². The van der Waals surface area contributed by atoms with Gasteiger partial charge in [-0.25, -0.2) is 9.18 Å². The highest BCUT2D eigenvalue weighted by Gasteiger charge is 2.36. The van der Waals surface area contributed by atoms with E-state index in [1.165, 1.54) is 17.0 Å². The molecule has 26 heavy (non-hydrogen) atoms. The fourth-order valence-corrected chi connectivity index (χ4v) is 3.12. The first-order chi connectivity index (χ1) is 12.5. The van der Waals surface area contributed by atoms with E-state index >= 15 is 0 Å². The molecule has 0 saturated carbocycles. The van der Waals surface area contributed by atoms with Crippen molar-refractivity contribution in [3.8, 4) is 0 Å². The van der Waals surface area contributed by atoms with Crippen molar-refractivity contribution in [3.05, 3.63) is 65.5 Å². The van der Waals surface area contributed by atoms with Crippen LogP contribution >= 0.6 is 0 Å². The van der Waals surface area contributed by atoms with Gasteiger partial charge in [0, 0.05) is 25.8 Å². The van der Waals surface area contributed by atoms with Crippen molar-refractivity contribution in [2.24, 2.45) is 0 Å². The van der Waals surface area contributed by atoms with Gasteiger partial charge in [0.05, 0.1) is 0 Å². The Hall–Kier alpha value is -2.89. The molecule has 3 rings (SSSR count). The maximum atomic E-state index is 13.3. The molecule has 1 fully saturated rings. The van der Waals surface area contributed by atoms with Crippen molar-refractivity contribution in [1.82, 2.24) is 9.80 Å². The maximum Gasteiger partial charge on any atom is 0.322 e. The topological polar surface area (TPSA) is 52.7 Å². The number of carbonyl (C=O) groups is 2. The number of aryl methyl sites for hydroxylation is 1. The van der Waals surface area contributed by atoms with Gasteiger partial charge in [-0.2, -0.15) is 0 Å². The minimum atomic E-state index is -0.486. The third kappa shape index (κ3) is 3.85. The summed E-state index contributed by atoms with van der Waals surface area (Å²) in [5.41, 5.74) is 2.03. The number of amides is 3. The Bertz CT molecular complexity index is 810. The van der Waals surface area contributed by atoms with Crippen LogP contribution in [0.3, 0.4) is 0 Å². The van der Waals surface area contributed by atoms with Crippen LogP contribution < -0.4 is 5.32 Å². The summed E-state index contributed by atoms with van der Waals surface area (Å²) in [6, 6.07) is 13.3. The molecule has 2 aromatic carbocycles. The predicted octanol–water partition coefficient (Wildman–Crippen LogP) is 3.40. The lowest BCUT2D eigenvalue weighted by atomic mass is 10.2. The third-order valence-electron chi connectivity index (χ3n) is 4.68. The molecule has 1 aliphatic rings. The van der Waals surface area contributed by atoms with Gasteiger partial charge in [0.2, 0.25) is 5.91 Å². The molecule has 2 aromatic rings. The lowest BCUT2D eigenvalue weighted by molar-refractivity contribution is -0.131. The molecule has 0 bridgehead atoms. The molecule has 1 saturated heterocycles. The fourth-order valence-electron chi connectivity index (χ4n) is 3.12. The molecule has 1 heterocycles. The summed E-state index contributed by atoms with van der Waals surface area (Å²) in [7, 11) is 1.61. The second-order valence-electron chi connectivity index (χ2n) is 6.55. The first kappa shape index (κ1) is 17.9. The smallest absolute Gasteiger partial charge is 0.322 e. The molecule has 6 heteroatoms. The second-order valence-corrected chi connectivity index (χ2v) is 6.55. The van der Waals surface area contributed by atoms with Gasteiger partial charge in [-0.3, -0.25) is 4.79 Å². The number of urea groups is 1. The molecule has 1 aliphatic heterocycles. The van der Waals surface area contributed by atoms with E-state index in [-0.39, 0.29) is 17.8 Å². The molecular formula is C20H22FN3O2. The molecule has 0 aliphatic carbocycles. The number of halogens is 1. The van der Waals surface area contributed by atoms with Crippen LogP contribution in [-0.4, -0.2) is 41.4 Å². The van der Waals surface area contributed by atoms with Gasteiger partial charge in [-0.05, 0) is 42.7 Å². The molecule has 0 radical (unpaired) electrons. The quantitative estimate of drug-likeness (QED) is 0.914. The SMILES string of the molecule is Cc1cc(NC(=O)N(C)C2CCN(Cc3ccccc3)C2=O)ccc1F. The minimum absolute atomic E-state index is 0.0539. The van der Waals surface area contributed by atoms with Gasteiger partial charge in [-0.1, -0.05) is 30.3 Å². The highest BCUT2D eigenvalue weighted by molar-refractivity contribution is 5.94. The van der Waals surface area contributed by atoms with Gasteiger partial charge in [0.25, 0.3) is 0 Å². The van der Waals surface area contributed by atoms with Crippen molar-refractivity contribution in [2.75, 3.05) is 18.9 Å². The molecule has 1 atom stereocenters. The van der Waals surface area contributed by atoms with Crippen LogP contribution in [0.4, 0.5) is 14.9 Å². The predicted molar refractivity (Wildman–Crippen MR) is 98.2 cm³/mol.